The third-order valence-corrected chi connectivity index (χ3v) is 12.3. The second kappa shape index (κ2) is 19.7. The Morgan fingerprint density at radius 2 is 1.80 bits per heavy atom. The van der Waals surface area contributed by atoms with Crippen molar-refractivity contribution in [3.8, 4) is 0 Å². The third-order valence-electron chi connectivity index (χ3n) is 11.4. The Morgan fingerprint density at radius 3 is 2.51 bits per heavy atom. The SMILES string of the molecule is C=CC1=C(N=CCc2cnc(N3CCN(C(=O)CN4CCN(c5ccc(NC6CCC(=C)NC6=O)cc5)CC4)C3)nc2)NCC1C(=C)c1c(F)ccc(NSN(C)CC)c1F. The van der Waals surface area contributed by atoms with Gasteiger partial charge in [-0.25, -0.2) is 28.0 Å². The number of benzene rings is 2. The largest absolute Gasteiger partial charge is 0.374 e. The Kier molecular flexibility index (Phi) is 14.0. The van der Waals surface area contributed by atoms with Gasteiger partial charge >= 0.3 is 0 Å². The summed E-state index contributed by atoms with van der Waals surface area (Å²) >= 11 is 1.23. The number of halogens is 2. The van der Waals surface area contributed by atoms with Crippen LogP contribution in [0.4, 0.5) is 31.8 Å². The number of amides is 2. The number of piperazine rings is 1. The molecule has 5 heterocycles. The molecule has 4 aliphatic heterocycles. The molecule has 0 bridgehead atoms. The number of allylic oxidation sites excluding steroid dienone is 2. The minimum absolute atomic E-state index is 0.0453. The highest BCUT2D eigenvalue weighted by atomic mass is 32.2. The molecule has 3 aromatic rings. The molecule has 61 heavy (non-hydrogen) atoms. The summed E-state index contributed by atoms with van der Waals surface area (Å²) in [4.78, 5) is 47.8. The first-order valence-corrected chi connectivity index (χ1v) is 21.4. The van der Waals surface area contributed by atoms with Gasteiger partial charge in [0.1, 0.15) is 17.7 Å². The summed E-state index contributed by atoms with van der Waals surface area (Å²) in [6, 6.07) is 10.5. The molecule has 2 aromatic carbocycles. The van der Waals surface area contributed by atoms with Crippen LogP contribution in [0.3, 0.4) is 0 Å². The summed E-state index contributed by atoms with van der Waals surface area (Å²) in [6.45, 7) is 20.2. The van der Waals surface area contributed by atoms with Gasteiger partial charge < -0.3 is 35.4 Å². The van der Waals surface area contributed by atoms with E-state index in [1.54, 1.807) is 24.7 Å². The summed E-state index contributed by atoms with van der Waals surface area (Å²) in [5.74, 6) is -0.632. The Labute approximate surface area is 360 Å². The number of carbonyl (C=O) groups is 2. The van der Waals surface area contributed by atoms with E-state index < -0.39 is 17.6 Å². The van der Waals surface area contributed by atoms with Crippen molar-refractivity contribution in [3.05, 3.63) is 114 Å². The molecule has 3 fully saturated rings. The topological polar surface area (TPSA) is 137 Å². The normalized spacial score (nSPS) is 19.8. The fourth-order valence-corrected chi connectivity index (χ4v) is 8.23. The van der Waals surface area contributed by atoms with Gasteiger partial charge in [-0.15, -0.1) is 0 Å². The molecule has 1 aromatic heterocycles. The van der Waals surface area contributed by atoms with Gasteiger partial charge in [-0.05, 0) is 67.4 Å². The smallest absolute Gasteiger partial charge is 0.246 e. The molecule has 0 spiro atoms. The predicted molar refractivity (Wildman–Crippen MR) is 241 cm³/mol. The van der Waals surface area contributed by atoms with E-state index in [4.69, 9.17) is 0 Å². The number of anilines is 4. The van der Waals surface area contributed by atoms with E-state index in [1.807, 2.05) is 40.2 Å². The maximum Gasteiger partial charge on any atom is 0.246 e. The Hall–Kier alpha value is -5.78. The zero-order chi connectivity index (χ0) is 43.0. The van der Waals surface area contributed by atoms with Crippen molar-refractivity contribution in [2.24, 2.45) is 10.9 Å². The molecule has 2 atom stereocenters. The first-order valence-electron chi connectivity index (χ1n) is 20.6. The number of carbonyl (C=O) groups excluding carboxylic acids is 2. The lowest BCUT2D eigenvalue weighted by Gasteiger charge is -2.36. The Morgan fingerprint density at radius 1 is 1.07 bits per heavy atom. The van der Waals surface area contributed by atoms with Gasteiger partial charge in [-0.3, -0.25) is 14.5 Å². The lowest BCUT2D eigenvalue weighted by molar-refractivity contribution is -0.131. The van der Waals surface area contributed by atoms with Crippen LogP contribution in [0.2, 0.25) is 0 Å². The van der Waals surface area contributed by atoms with Crippen molar-refractivity contribution in [2.75, 3.05) is 92.5 Å². The molecule has 17 heteroatoms. The van der Waals surface area contributed by atoms with Crippen LogP contribution < -0.4 is 30.5 Å². The molecule has 0 saturated carbocycles. The van der Waals surface area contributed by atoms with E-state index in [0.29, 0.717) is 62.2 Å². The number of rotatable bonds is 16. The molecule has 2 amide bonds. The van der Waals surface area contributed by atoms with Crippen LogP contribution in [-0.2, 0) is 16.0 Å². The van der Waals surface area contributed by atoms with Crippen LogP contribution in [0.15, 0.2) is 96.7 Å². The lowest BCUT2D eigenvalue weighted by atomic mass is 9.88. The predicted octanol–water partition coefficient (Wildman–Crippen LogP) is 5.26. The molecule has 3 saturated heterocycles. The van der Waals surface area contributed by atoms with Crippen LogP contribution in [-0.4, -0.2) is 121 Å². The molecular weight excluding hydrogens is 799 g/mol. The van der Waals surface area contributed by atoms with E-state index in [9.17, 15) is 9.59 Å². The van der Waals surface area contributed by atoms with Crippen LogP contribution in [0.25, 0.3) is 5.57 Å². The highest BCUT2D eigenvalue weighted by Crippen LogP contribution is 2.38. The van der Waals surface area contributed by atoms with E-state index >= 15 is 8.78 Å². The summed E-state index contributed by atoms with van der Waals surface area (Å²) < 4.78 is 35.4. The molecule has 14 nitrogen and oxygen atoms in total. The van der Waals surface area contributed by atoms with Crippen LogP contribution in [0, 0.1) is 17.6 Å². The third kappa shape index (κ3) is 10.4. The summed E-state index contributed by atoms with van der Waals surface area (Å²) in [7, 11) is 1.87. The van der Waals surface area contributed by atoms with Crippen LogP contribution >= 0.6 is 12.1 Å². The first kappa shape index (κ1) is 43.3. The first-order chi connectivity index (χ1) is 29.5. The van der Waals surface area contributed by atoms with Gasteiger partial charge in [0.15, 0.2) is 5.82 Å². The van der Waals surface area contributed by atoms with Crippen LogP contribution in [0.1, 0.15) is 30.9 Å². The van der Waals surface area contributed by atoms with Crippen molar-refractivity contribution < 1.29 is 18.4 Å². The molecule has 0 radical (unpaired) electrons. The van der Waals surface area contributed by atoms with Gasteiger partial charge in [-0.2, -0.15) is 0 Å². The molecule has 322 valence electrons. The number of hydrogen-bond acceptors (Lipinski definition) is 13. The minimum atomic E-state index is -0.696. The second-order valence-electron chi connectivity index (χ2n) is 15.5. The van der Waals surface area contributed by atoms with Crippen molar-refractivity contribution in [2.45, 2.75) is 32.2 Å². The minimum Gasteiger partial charge on any atom is -0.374 e. The second-order valence-corrected chi connectivity index (χ2v) is 16.5. The van der Waals surface area contributed by atoms with Crippen LogP contribution in [0.5, 0.6) is 0 Å². The molecule has 4 N–H and O–H groups in total. The summed E-state index contributed by atoms with van der Waals surface area (Å²) in [5.41, 5.74) is 4.67. The van der Waals surface area contributed by atoms with E-state index in [-0.39, 0.29) is 29.1 Å². The zero-order valence-corrected chi connectivity index (χ0v) is 35.6. The number of nitrogens with zero attached hydrogens (tertiary/aromatic N) is 8. The van der Waals surface area contributed by atoms with Crippen molar-refractivity contribution in [1.29, 1.82) is 0 Å². The zero-order valence-electron chi connectivity index (χ0n) is 34.8. The molecule has 4 aliphatic rings. The number of piperidine rings is 1. The monoisotopic (exact) mass is 852 g/mol. The van der Waals surface area contributed by atoms with Gasteiger partial charge in [0.25, 0.3) is 0 Å². The molecule has 0 aliphatic carbocycles. The highest BCUT2D eigenvalue weighted by Gasteiger charge is 2.31. The summed E-state index contributed by atoms with van der Waals surface area (Å²) in [5, 5.41) is 9.39. The highest BCUT2D eigenvalue weighted by molar-refractivity contribution is 7.98. The van der Waals surface area contributed by atoms with E-state index in [2.05, 4.69) is 77.3 Å². The van der Waals surface area contributed by atoms with Gasteiger partial charge in [0.05, 0.1) is 24.5 Å². The molecular formula is C44H54F2N12O2S. The Balaban J connectivity index is 0.856. The molecule has 2 unspecified atom stereocenters. The van der Waals surface area contributed by atoms with Gasteiger partial charge in [-0.1, -0.05) is 32.7 Å². The van der Waals surface area contributed by atoms with Crippen molar-refractivity contribution >= 4 is 58.7 Å². The summed E-state index contributed by atoms with van der Waals surface area (Å²) in [6.07, 6.45) is 8.86. The number of hydrogen-bond donors (Lipinski definition) is 4. The Bertz CT molecular complexity index is 2180. The van der Waals surface area contributed by atoms with Gasteiger partial charge in [0.2, 0.25) is 17.8 Å². The lowest BCUT2D eigenvalue weighted by Crippen LogP contribution is -2.50. The molecule has 7 rings (SSSR count). The maximum atomic E-state index is 15.6. The number of aromatic nitrogens is 2. The quantitative estimate of drug-likeness (QED) is 0.111. The average molecular weight is 853 g/mol. The average Bonchev–Trinajstić information content (AvgIpc) is 3.93. The van der Waals surface area contributed by atoms with Gasteiger partial charge in [0, 0.05) is 118 Å². The van der Waals surface area contributed by atoms with Crippen molar-refractivity contribution in [1.82, 2.24) is 34.7 Å². The van der Waals surface area contributed by atoms with Crippen molar-refractivity contribution in [3.63, 3.8) is 0 Å². The fraction of sp³-hybridized carbons (Fsp3) is 0.386. The number of nitrogens with one attached hydrogen (secondary N) is 4. The van der Waals surface area contributed by atoms with E-state index in [0.717, 1.165) is 68.2 Å². The standard InChI is InChI=1S/C44H54F2N12O2S/c1-6-34-35(30(4)40-36(45)13-15-37(41(40)46)53-61-54(5)7-2)26-48-42(34)47-17-16-31-24-49-44(50-25-31)58-23-22-57(28-58)39(59)27-55-18-20-56(21-19-55)33-11-9-32(10-12-33)52-38-14-8-29(3)51-43(38)60/h6,9-13,15,17,24-25,35,38,48,52-53H,1,3-4,7-8,14,16,18-23,26-28H2,2,5H3,(H,51,60). The fourth-order valence-electron chi connectivity index (χ4n) is 7.69. The maximum absolute atomic E-state index is 15.6. The van der Waals surface area contributed by atoms with E-state index in [1.165, 1.54) is 24.3 Å². The number of aliphatic imine (C=N–C) groups is 1.